The molecule has 1 N–H and O–H groups in total. The lowest BCUT2D eigenvalue weighted by molar-refractivity contribution is -0.137. The Hall–Kier alpha value is -0.530. The van der Waals surface area contributed by atoms with E-state index in [1.54, 1.807) is 0 Å². The molecule has 0 spiro atoms. The Morgan fingerprint density at radius 1 is 0.425 bits per heavy atom. The molecule has 0 aromatic heterocycles. The molecule has 4 atom stereocenters. The molecule has 0 aliphatic carbocycles. The predicted molar refractivity (Wildman–Crippen MR) is 181 cm³/mol. The van der Waals surface area contributed by atoms with Gasteiger partial charge in [-0.2, -0.15) is 0 Å². The third-order valence-corrected chi connectivity index (χ3v) is 8.88. The molecule has 0 aromatic rings. The Kier molecular flexibility index (Phi) is 31.1. The normalized spacial score (nSPS) is 14.6. The maximum absolute atomic E-state index is 10.0. The van der Waals surface area contributed by atoms with Gasteiger partial charge in [0.05, 0.1) is 0 Å². The number of carboxylic acids is 1. The minimum atomic E-state index is -0.670. The molecule has 0 amide bonds. The average Bonchev–Trinajstić information content (AvgIpc) is 2.86. The molecular formula is C38H78O2. The molecule has 4 unspecified atom stereocenters. The van der Waals surface area contributed by atoms with E-state index in [0.717, 1.165) is 48.3 Å². The van der Waals surface area contributed by atoms with Crippen LogP contribution in [0.1, 0.15) is 204 Å². The summed E-state index contributed by atoms with van der Waals surface area (Å²) in [6, 6.07) is 0. The van der Waals surface area contributed by atoms with Crippen LogP contribution in [-0.2, 0) is 4.79 Å². The van der Waals surface area contributed by atoms with Gasteiger partial charge in [0.25, 0.3) is 0 Å². The van der Waals surface area contributed by atoms with Crippen molar-refractivity contribution < 1.29 is 9.90 Å². The minimum absolute atomic E-state index is 0.337. The predicted octanol–water partition coefficient (Wildman–Crippen LogP) is 13.5. The van der Waals surface area contributed by atoms with Crippen LogP contribution in [0.4, 0.5) is 0 Å². The molecule has 0 rings (SSSR count). The van der Waals surface area contributed by atoms with Crippen molar-refractivity contribution in [3.8, 4) is 0 Å². The third kappa shape index (κ3) is 35.5. The summed E-state index contributed by atoms with van der Waals surface area (Å²) in [5, 5.41) is 8.27. The summed E-state index contributed by atoms with van der Waals surface area (Å²) in [6.45, 7) is 21.5. The summed E-state index contributed by atoms with van der Waals surface area (Å²) in [5.74, 6) is 4.84. The van der Waals surface area contributed by atoms with Gasteiger partial charge in [-0.15, -0.1) is 0 Å². The first-order chi connectivity index (χ1) is 19.0. The van der Waals surface area contributed by atoms with Crippen LogP contribution >= 0.6 is 0 Å². The molecule has 0 aliphatic heterocycles. The zero-order valence-corrected chi connectivity index (χ0v) is 29.4. The highest BCUT2D eigenvalue weighted by atomic mass is 16.4. The molecule has 0 fully saturated rings. The van der Waals surface area contributed by atoms with Gasteiger partial charge in [-0.3, -0.25) is 4.79 Å². The summed E-state index contributed by atoms with van der Waals surface area (Å²) < 4.78 is 0. The number of aliphatic carboxylic acids is 1. The van der Waals surface area contributed by atoms with E-state index >= 15 is 0 Å². The molecule has 0 aromatic carbocycles. The fraction of sp³-hybridized carbons (Fsp3) is 0.974. The summed E-state index contributed by atoms with van der Waals surface area (Å²) in [5.41, 5.74) is 0. The number of carbonyl (C=O) groups is 1. The molecule has 0 radical (unpaired) electrons. The van der Waals surface area contributed by atoms with E-state index in [2.05, 4.69) is 62.3 Å². The fourth-order valence-corrected chi connectivity index (χ4v) is 5.82. The van der Waals surface area contributed by atoms with Crippen molar-refractivity contribution in [2.75, 3.05) is 0 Å². The van der Waals surface area contributed by atoms with E-state index in [-0.39, 0.29) is 0 Å². The highest BCUT2D eigenvalue weighted by Gasteiger charge is 2.09. The number of carboxylic acid groups (broad SMARTS) is 1. The lowest BCUT2D eigenvalue weighted by Gasteiger charge is -2.16. The van der Waals surface area contributed by atoms with Gasteiger partial charge in [0.1, 0.15) is 0 Å². The van der Waals surface area contributed by atoms with E-state index in [1.165, 1.54) is 122 Å². The molecule has 40 heavy (non-hydrogen) atoms. The van der Waals surface area contributed by atoms with Crippen molar-refractivity contribution in [2.45, 2.75) is 204 Å². The van der Waals surface area contributed by atoms with Gasteiger partial charge in [-0.05, 0) is 41.9 Å². The second-order valence-electron chi connectivity index (χ2n) is 14.8. The van der Waals surface area contributed by atoms with E-state index in [9.17, 15) is 4.79 Å². The molecule has 242 valence electrons. The Bertz CT molecular complexity index is 478. The van der Waals surface area contributed by atoms with Crippen molar-refractivity contribution in [1.82, 2.24) is 0 Å². The lowest BCUT2D eigenvalue weighted by atomic mass is 9.90. The Labute approximate surface area is 254 Å². The molecule has 0 saturated heterocycles. The molecule has 2 nitrogen and oxygen atoms in total. The topological polar surface area (TPSA) is 37.3 Å². The smallest absolute Gasteiger partial charge is 0.303 e. The molecule has 2 heteroatoms. The van der Waals surface area contributed by atoms with Gasteiger partial charge in [0, 0.05) is 6.42 Å². The van der Waals surface area contributed by atoms with E-state index in [1.807, 2.05) is 0 Å². The number of rotatable bonds is 27. The standard InChI is InChI=1S/C30H62.C8H16O2/c1-25(2)15-11-19-29(7)23-13-21-27(5)17-9-10-18-28(6)22-14-24-30(8)20-12-16-26(3)4;1-2-3-4-5-6-7-8(9)10/h25-30H,9-24H2,1-8H3;2-7H2,1H3,(H,9,10). The Balaban J connectivity index is 0. The van der Waals surface area contributed by atoms with Crippen LogP contribution in [0, 0.1) is 35.5 Å². The number of hydrogen-bond acceptors (Lipinski definition) is 1. The Morgan fingerprint density at radius 3 is 1.02 bits per heavy atom. The summed E-state index contributed by atoms with van der Waals surface area (Å²) in [4.78, 5) is 10.0. The van der Waals surface area contributed by atoms with Crippen LogP contribution in [-0.4, -0.2) is 11.1 Å². The number of unbranched alkanes of at least 4 members (excludes halogenated alkanes) is 5. The van der Waals surface area contributed by atoms with Crippen LogP contribution in [0.25, 0.3) is 0 Å². The van der Waals surface area contributed by atoms with Crippen LogP contribution in [0.2, 0.25) is 0 Å². The highest BCUT2D eigenvalue weighted by molar-refractivity contribution is 5.66. The first kappa shape index (κ1) is 41.6. The molecular weight excluding hydrogens is 488 g/mol. The average molecular weight is 567 g/mol. The SMILES string of the molecule is CC(C)CCCC(C)CCCC(C)CCCCC(C)CCCC(C)CCCC(C)C.CCCCCCCC(=O)O. The van der Waals surface area contributed by atoms with Crippen molar-refractivity contribution in [1.29, 1.82) is 0 Å². The first-order valence-electron chi connectivity index (χ1n) is 18.2. The van der Waals surface area contributed by atoms with Crippen molar-refractivity contribution in [3.05, 3.63) is 0 Å². The number of hydrogen-bond donors (Lipinski definition) is 1. The largest absolute Gasteiger partial charge is 0.481 e. The van der Waals surface area contributed by atoms with E-state index in [4.69, 9.17) is 5.11 Å². The second kappa shape index (κ2) is 29.9. The van der Waals surface area contributed by atoms with Crippen LogP contribution in [0.15, 0.2) is 0 Å². The van der Waals surface area contributed by atoms with Crippen LogP contribution in [0.5, 0.6) is 0 Å². The zero-order valence-electron chi connectivity index (χ0n) is 29.4. The summed E-state index contributed by atoms with van der Waals surface area (Å²) in [7, 11) is 0. The first-order valence-corrected chi connectivity index (χ1v) is 18.2. The van der Waals surface area contributed by atoms with Crippen LogP contribution < -0.4 is 0 Å². The van der Waals surface area contributed by atoms with Gasteiger partial charge < -0.3 is 5.11 Å². The van der Waals surface area contributed by atoms with Gasteiger partial charge >= 0.3 is 5.97 Å². The fourth-order valence-electron chi connectivity index (χ4n) is 5.82. The highest BCUT2D eigenvalue weighted by Crippen LogP contribution is 2.24. The van der Waals surface area contributed by atoms with Crippen molar-refractivity contribution in [3.63, 3.8) is 0 Å². The minimum Gasteiger partial charge on any atom is -0.481 e. The summed E-state index contributed by atoms with van der Waals surface area (Å²) in [6.07, 6.45) is 29.0. The van der Waals surface area contributed by atoms with Crippen molar-refractivity contribution in [2.24, 2.45) is 35.5 Å². The lowest BCUT2D eigenvalue weighted by Crippen LogP contribution is -2.01. The quantitative estimate of drug-likeness (QED) is 0.100. The molecule has 0 heterocycles. The van der Waals surface area contributed by atoms with E-state index < -0.39 is 5.97 Å². The van der Waals surface area contributed by atoms with Gasteiger partial charge in [0.2, 0.25) is 0 Å². The van der Waals surface area contributed by atoms with Crippen molar-refractivity contribution >= 4 is 5.97 Å². The molecule has 0 saturated carbocycles. The maximum atomic E-state index is 10.0. The molecule has 0 bridgehead atoms. The summed E-state index contributed by atoms with van der Waals surface area (Å²) >= 11 is 0. The third-order valence-electron chi connectivity index (χ3n) is 8.88. The van der Waals surface area contributed by atoms with Gasteiger partial charge in [-0.25, -0.2) is 0 Å². The van der Waals surface area contributed by atoms with Crippen LogP contribution in [0.3, 0.4) is 0 Å². The van der Waals surface area contributed by atoms with E-state index in [0.29, 0.717) is 6.42 Å². The second-order valence-corrected chi connectivity index (χ2v) is 14.8. The maximum Gasteiger partial charge on any atom is 0.303 e. The zero-order chi connectivity index (χ0) is 30.6. The Morgan fingerprint density at radius 2 is 0.725 bits per heavy atom. The van der Waals surface area contributed by atoms with Gasteiger partial charge in [-0.1, -0.05) is 191 Å². The monoisotopic (exact) mass is 567 g/mol. The molecule has 0 aliphatic rings. The van der Waals surface area contributed by atoms with Gasteiger partial charge in [0.15, 0.2) is 0 Å².